The monoisotopic (exact) mass is 330 g/mol. The van der Waals surface area contributed by atoms with Crippen LogP contribution in [0.4, 0.5) is 0 Å². The van der Waals surface area contributed by atoms with Crippen LogP contribution >= 0.6 is 0 Å². The number of rotatable bonds is 12. The summed E-state index contributed by atoms with van der Waals surface area (Å²) in [5, 5.41) is 2.67. The van der Waals surface area contributed by atoms with E-state index in [1.807, 2.05) is 13.8 Å². The number of hydrogen-bond acceptors (Lipinski definition) is 6. The number of esters is 1. The Hall–Kier alpha value is -1.47. The molecule has 7 nitrogen and oxygen atoms in total. The van der Waals surface area contributed by atoms with Crippen molar-refractivity contribution in [3.05, 3.63) is 0 Å². The molecule has 3 atom stereocenters. The molecule has 7 heteroatoms. The van der Waals surface area contributed by atoms with E-state index in [-0.39, 0.29) is 24.4 Å². The molecule has 0 aliphatic carbocycles. The summed E-state index contributed by atoms with van der Waals surface area (Å²) in [6.45, 7) is 7.31. The van der Waals surface area contributed by atoms with E-state index >= 15 is 0 Å². The summed E-state index contributed by atoms with van der Waals surface area (Å²) < 4.78 is 10.6. The molecule has 0 aliphatic rings. The fourth-order valence-electron chi connectivity index (χ4n) is 2.27. The number of amides is 1. The fraction of sp³-hybridized carbons (Fsp3) is 0.812. The first-order chi connectivity index (χ1) is 10.9. The summed E-state index contributed by atoms with van der Waals surface area (Å²) >= 11 is 0. The molecule has 134 valence electrons. The van der Waals surface area contributed by atoms with E-state index in [0.717, 1.165) is 12.8 Å². The van der Waals surface area contributed by atoms with Crippen molar-refractivity contribution in [2.24, 2.45) is 5.73 Å². The van der Waals surface area contributed by atoms with Gasteiger partial charge in [-0.05, 0) is 26.2 Å². The molecule has 0 fully saturated rings. The van der Waals surface area contributed by atoms with E-state index < -0.39 is 18.2 Å². The number of hydrogen-bond donors (Lipinski definition) is 2. The number of carbonyl (C=O) groups excluding carboxylic acids is 3. The minimum atomic E-state index is -0.846. The lowest BCUT2D eigenvalue weighted by atomic mass is 9.98. The highest BCUT2D eigenvalue weighted by Crippen LogP contribution is 2.13. The van der Waals surface area contributed by atoms with Crippen molar-refractivity contribution in [3.63, 3.8) is 0 Å². The highest BCUT2D eigenvalue weighted by atomic mass is 16.5. The van der Waals surface area contributed by atoms with Crippen LogP contribution in [-0.4, -0.2) is 49.1 Å². The van der Waals surface area contributed by atoms with Crippen molar-refractivity contribution in [1.82, 2.24) is 5.32 Å². The maximum atomic E-state index is 11.4. The van der Waals surface area contributed by atoms with Gasteiger partial charge in [-0.25, -0.2) is 0 Å². The van der Waals surface area contributed by atoms with Crippen LogP contribution in [0.3, 0.4) is 0 Å². The molecule has 0 saturated carbocycles. The third-order valence-electron chi connectivity index (χ3n) is 3.57. The highest BCUT2D eigenvalue weighted by molar-refractivity contribution is 5.74. The minimum absolute atomic E-state index is 0.0845. The number of ether oxygens (including phenoxy) is 2. The Balaban J connectivity index is 4.89. The van der Waals surface area contributed by atoms with Crippen molar-refractivity contribution < 1.29 is 23.9 Å². The molecule has 0 aliphatic heterocycles. The van der Waals surface area contributed by atoms with Crippen LogP contribution in [0.1, 0.15) is 53.4 Å². The van der Waals surface area contributed by atoms with Gasteiger partial charge in [-0.1, -0.05) is 13.8 Å². The molecule has 0 aromatic rings. The van der Waals surface area contributed by atoms with Gasteiger partial charge in [0.1, 0.15) is 6.10 Å². The SMILES string of the molecule is CCOC(=O)CC[C@H](N)[C@@H](NC(C)=O)[C@@H](C=O)OC(CC)CC. The van der Waals surface area contributed by atoms with Gasteiger partial charge in [0.15, 0.2) is 6.29 Å². The average molecular weight is 330 g/mol. The summed E-state index contributed by atoms with van der Waals surface area (Å²) in [6, 6.07) is -1.27. The molecule has 0 saturated heterocycles. The topological polar surface area (TPSA) is 108 Å². The van der Waals surface area contributed by atoms with Gasteiger partial charge in [0, 0.05) is 19.4 Å². The third-order valence-corrected chi connectivity index (χ3v) is 3.57. The van der Waals surface area contributed by atoms with E-state index in [9.17, 15) is 14.4 Å². The number of nitrogens with one attached hydrogen (secondary N) is 1. The second kappa shape index (κ2) is 12.0. The summed E-state index contributed by atoms with van der Waals surface area (Å²) in [5.74, 6) is -0.658. The molecule has 0 rings (SSSR count). The first-order valence-corrected chi connectivity index (χ1v) is 8.18. The molecule has 0 unspecified atom stereocenters. The maximum Gasteiger partial charge on any atom is 0.305 e. The molecule has 0 aromatic heterocycles. The summed E-state index contributed by atoms with van der Waals surface area (Å²) in [6.07, 6.45) is 1.66. The van der Waals surface area contributed by atoms with Crippen LogP contribution in [0.25, 0.3) is 0 Å². The van der Waals surface area contributed by atoms with Gasteiger partial charge < -0.3 is 25.3 Å². The quantitative estimate of drug-likeness (QED) is 0.407. The zero-order chi connectivity index (χ0) is 17.8. The van der Waals surface area contributed by atoms with Crippen molar-refractivity contribution >= 4 is 18.2 Å². The fourth-order valence-corrected chi connectivity index (χ4v) is 2.27. The largest absolute Gasteiger partial charge is 0.466 e. The first kappa shape index (κ1) is 21.5. The van der Waals surface area contributed by atoms with Crippen LogP contribution in [-0.2, 0) is 23.9 Å². The normalized spacial score (nSPS) is 14.9. The summed E-state index contributed by atoms with van der Waals surface area (Å²) in [4.78, 5) is 34.3. The second-order valence-electron chi connectivity index (χ2n) is 5.41. The Kier molecular flexibility index (Phi) is 11.2. The minimum Gasteiger partial charge on any atom is -0.466 e. The molecule has 0 bridgehead atoms. The van der Waals surface area contributed by atoms with Gasteiger partial charge in [0.05, 0.1) is 18.8 Å². The summed E-state index contributed by atoms with van der Waals surface area (Å²) in [7, 11) is 0. The van der Waals surface area contributed by atoms with E-state index in [1.165, 1.54) is 6.92 Å². The molecule has 1 amide bonds. The van der Waals surface area contributed by atoms with Crippen LogP contribution in [0, 0.1) is 0 Å². The van der Waals surface area contributed by atoms with Gasteiger partial charge in [0.25, 0.3) is 0 Å². The van der Waals surface area contributed by atoms with E-state index in [4.69, 9.17) is 15.2 Å². The molecule has 3 N–H and O–H groups in total. The van der Waals surface area contributed by atoms with E-state index in [1.54, 1.807) is 6.92 Å². The molecular formula is C16H30N2O5. The smallest absolute Gasteiger partial charge is 0.305 e. The lowest BCUT2D eigenvalue weighted by Crippen LogP contribution is -2.56. The molecule has 0 spiro atoms. The van der Waals surface area contributed by atoms with Gasteiger partial charge in [-0.3, -0.25) is 9.59 Å². The van der Waals surface area contributed by atoms with Crippen LogP contribution in [0.2, 0.25) is 0 Å². The summed E-state index contributed by atoms with van der Waals surface area (Å²) in [5.41, 5.74) is 6.08. The van der Waals surface area contributed by atoms with Crippen LogP contribution < -0.4 is 11.1 Å². The maximum absolute atomic E-state index is 11.4. The standard InChI is InChI=1S/C16H30N2O5/c1-5-12(6-2)23-14(10-19)16(18-11(4)20)13(17)8-9-15(21)22-7-3/h10,12-14,16H,5-9,17H2,1-4H3,(H,18,20)/t13-,14+,16+/m0/s1. The van der Waals surface area contributed by atoms with E-state index in [2.05, 4.69) is 5.32 Å². The van der Waals surface area contributed by atoms with Crippen molar-refractivity contribution in [2.75, 3.05) is 6.61 Å². The molecule has 0 radical (unpaired) electrons. The lowest BCUT2D eigenvalue weighted by molar-refractivity contribution is -0.143. The van der Waals surface area contributed by atoms with E-state index in [0.29, 0.717) is 19.3 Å². The van der Waals surface area contributed by atoms with Crippen molar-refractivity contribution in [2.45, 2.75) is 77.7 Å². The van der Waals surface area contributed by atoms with Crippen molar-refractivity contribution in [1.29, 1.82) is 0 Å². The van der Waals surface area contributed by atoms with Gasteiger partial charge >= 0.3 is 5.97 Å². The Morgan fingerprint density at radius 2 is 1.83 bits per heavy atom. The van der Waals surface area contributed by atoms with Crippen LogP contribution in [0.15, 0.2) is 0 Å². The number of nitrogens with two attached hydrogens (primary N) is 1. The van der Waals surface area contributed by atoms with Crippen LogP contribution in [0.5, 0.6) is 0 Å². The first-order valence-electron chi connectivity index (χ1n) is 8.18. The zero-order valence-corrected chi connectivity index (χ0v) is 14.5. The number of carbonyl (C=O) groups is 3. The number of aldehydes is 1. The predicted molar refractivity (Wildman–Crippen MR) is 86.8 cm³/mol. The molecule has 0 aromatic carbocycles. The Morgan fingerprint density at radius 1 is 1.22 bits per heavy atom. The Bertz CT molecular complexity index is 371. The molecule has 23 heavy (non-hydrogen) atoms. The predicted octanol–water partition coefficient (Wildman–Crippen LogP) is 0.934. The third kappa shape index (κ3) is 8.66. The van der Waals surface area contributed by atoms with Gasteiger partial charge in [-0.15, -0.1) is 0 Å². The van der Waals surface area contributed by atoms with Gasteiger partial charge in [-0.2, -0.15) is 0 Å². The zero-order valence-electron chi connectivity index (χ0n) is 14.5. The molecular weight excluding hydrogens is 300 g/mol. The lowest BCUT2D eigenvalue weighted by Gasteiger charge is -2.31. The van der Waals surface area contributed by atoms with Gasteiger partial charge in [0.2, 0.25) is 5.91 Å². The second-order valence-corrected chi connectivity index (χ2v) is 5.41. The average Bonchev–Trinajstić information content (AvgIpc) is 2.52. The van der Waals surface area contributed by atoms with Crippen molar-refractivity contribution in [3.8, 4) is 0 Å². The molecule has 0 heterocycles. The Labute approximate surface area is 138 Å². The highest BCUT2D eigenvalue weighted by Gasteiger charge is 2.30. The Morgan fingerprint density at radius 3 is 2.26 bits per heavy atom.